The Kier molecular flexibility index (Phi) is 4.81. The number of piperidine rings is 1. The van der Waals surface area contributed by atoms with Gasteiger partial charge in [0.25, 0.3) is 0 Å². The molecule has 0 unspecified atom stereocenters. The summed E-state index contributed by atoms with van der Waals surface area (Å²) in [7, 11) is 1.59. The Morgan fingerprint density at radius 2 is 2.16 bits per heavy atom. The van der Waals surface area contributed by atoms with Gasteiger partial charge in [0, 0.05) is 19.2 Å². The second-order valence-electron chi connectivity index (χ2n) is 4.55. The van der Waals surface area contributed by atoms with Crippen LogP contribution in [-0.2, 0) is 4.74 Å². The first-order valence-electron chi connectivity index (χ1n) is 6.52. The SMILES string of the molecule is COc1ccc(N)c(N2CCC(OCCO)CC2)n1. The lowest BCUT2D eigenvalue weighted by Crippen LogP contribution is -2.38. The number of nitrogen functional groups attached to an aromatic ring is 1. The zero-order valence-corrected chi connectivity index (χ0v) is 11.2. The molecule has 0 aromatic carbocycles. The summed E-state index contributed by atoms with van der Waals surface area (Å²) in [6.07, 6.45) is 2.05. The molecule has 6 heteroatoms. The summed E-state index contributed by atoms with van der Waals surface area (Å²) in [6, 6.07) is 3.57. The van der Waals surface area contributed by atoms with Gasteiger partial charge in [-0.3, -0.25) is 0 Å². The molecule has 1 fully saturated rings. The number of hydrogen-bond donors (Lipinski definition) is 2. The van der Waals surface area contributed by atoms with Crippen molar-refractivity contribution in [1.29, 1.82) is 0 Å². The fourth-order valence-corrected chi connectivity index (χ4v) is 2.26. The van der Waals surface area contributed by atoms with Crippen molar-refractivity contribution in [3.8, 4) is 5.88 Å². The molecule has 0 bridgehead atoms. The second-order valence-corrected chi connectivity index (χ2v) is 4.55. The van der Waals surface area contributed by atoms with Crippen molar-refractivity contribution in [2.24, 2.45) is 0 Å². The van der Waals surface area contributed by atoms with Gasteiger partial charge in [-0.05, 0) is 18.9 Å². The predicted molar refractivity (Wildman–Crippen MR) is 73.5 cm³/mol. The molecule has 0 atom stereocenters. The summed E-state index contributed by atoms with van der Waals surface area (Å²) in [4.78, 5) is 6.55. The molecule has 0 radical (unpaired) electrons. The summed E-state index contributed by atoms with van der Waals surface area (Å²) in [5.74, 6) is 1.35. The van der Waals surface area contributed by atoms with Crippen LogP contribution in [0.4, 0.5) is 11.5 Å². The van der Waals surface area contributed by atoms with Crippen LogP contribution in [0.3, 0.4) is 0 Å². The average Bonchev–Trinajstić information content (AvgIpc) is 2.46. The van der Waals surface area contributed by atoms with Gasteiger partial charge in [0.05, 0.1) is 32.1 Å². The van der Waals surface area contributed by atoms with Crippen molar-refractivity contribution in [3.05, 3.63) is 12.1 Å². The van der Waals surface area contributed by atoms with Crippen LogP contribution in [-0.4, -0.2) is 49.6 Å². The molecular weight excluding hydrogens is 246 g/mol. The Labute approximate surface area is 113 Å². The van der Waals surface area contributed by atoms with Gasteiger partial charge >= 0.3 is 0 Å². The van der Waals surface area contributed by atoms with Crippen LogP contribution >= 0.6 is 0 Å². The van der Waals surface area contributed by atoms with Gasteiger partial charge in [0.15, 0.2) is 5.82 Å². The summed E-state index contributed by atoms with van der Waals surface area (Å²) in [5.41, 5.74) is 6.63. The molecule has 19 heavy (non-hydrogen) atoms. The second kappa shape index (κ2) is 6.58. The summed E-state index contributed by atoms with van der Waals surface area (Å²) < 4.78 is 10.7. The number of methoxy groups -OCH3 is 1. The Hall–Kier alpha value is -1.53. The molecule has 0 aliphatic carbocycles. The molecule has 0 amide bonds. The zero-order valence-electron chi connectivity index (χ0n) is 11.2. The van der Waals surface area contributed by atoms with Crippen molar-refractivity contribution in [1.82, 2.24) is 4.98 Å². The molecule has 3 N–H and O–H groups in total. The van der Waals surface area contributed by atoms with Crippen molar-refractivity contribution >= 4 is 11.5 Å². The molecule has 1 saturated heterocycles. The van der Waals surface area contributed by atoms with E-state index in [4.69, 9.17) is 20.3 Å². The molecule has 6 nitrogen and oxygen atoms in total. The molecule has 0 spiro atoms. The normalized spacial score (nSPS) is 16.6. The van der Waals surface area contributed by atoms with Crippen LogP contribution in [0.5, 0.6) is 5.88 Å². The van der Waals surface area contributed by atoms with Crippen LogP contribution in [0.25, 0.3) is 0 Å². The first-order chi connectivity index (χ1) is 9.24. The van der Waals surface area contributed by atoms with Crippen LogP contribution in [0, 0.1) is 0 Å². The molecule has 1 aliphatic heterocycles. The van der Waals surface area contributed by atoms with Gasteiger partial charge in [0.1, 0.15) is 0 Å². The van der Waals surface area contributed by atoms with E-state index in [0.29, 0.717) is 18.2 Å². The fraction of sp³-hybridized carbons (Fsp3) is 0.615. The first-order valence-corrected chi connectivity index (χ1v) is 6.52. The van der Waals surface area contributed by atoms with Gasteiger partial charge in [-0.15, -0.1) is 0 Å². The third-order valence-electron chi connectivity index (χ3n) is 3.28. The number of rotatable bonds is 5. The minimum Gasteiger partial charge on any atom is -0.481 e. The topological polar surface area (TPSA) is 80.8 Å². The molecule has 1 aromatic rings. The highest BCUT2D eigenvalue weighted by atomic mass is 16.5. The van der Waals surface area contributed by atoms with E-state index in [0.717, 1.165) is 31.7 Å². The van der Waals surface area contributed by atoms with Crippen LogP contribution in [0.2, 0.25) is 0 Å². The van der Waals surface area contributed by atoms with E-state index >= 15 is 0 Å². The van der Waals surface area contributed by atoms with E-state index in [1.807, 2.05) is 6.07 Å². The van der Waals surface area contributed by atoms with Crippen LogP contribution < -0.4 is 15.4 Å². The summed E-state index contributed by atoms with van der Waals surface area (Å²) >= 11 is 0. The lowest BCUT2D eigenvalue weighted by Gasteiger charge is -2.33. The number of ether oxygens (including phenoxy) is 2. The Morgan fingerprint density at radius 1 is 1.42 bits per heavy atom. The highest BCUT2D eigenvalue weighted by Gasteiger charge is 2.22. The monoisotopic (exact) mass is 267 g/mol. The van der Waals surface area contributed by atoms with Gasteiger partial charge in [-0.2, -0.15) is 4.98 Å². The van der Waals surface area contributed by atoms with Crippen molar-refractivity contribution in [2.75, 3.05) is 44.0 Å². The fourth-order valence-electron chi connectivity index (χ4n) is 2.26. The van der Waals surface area contributed by atoms with E-state index in [1.54, 1.807) is 13.2 Å². The van der Waals surface area contributed by atoms with E-state index in [1.165, 1.54) is 0 Å². The summed E-state index contributed by atoms with van der Waals surface area (Å²) in [6.45, 7) is 2.18. The lowest BCUT2D eigenvalue weighted by molar-refractivity contribution is 0.0158. The number of aliphatic hydroxyl groups excluding tert-OH is 1. The van der Waals surface area contributed by atoms with Crippen molar-refractivity contribution < 1.29 is 14.6 Å². The van der Waals surface area contributed by atoms with Gasteiger partial charge in [-0.1, -0.05) is 0 Å². The number of nitrogens with two attached hydrogens (primary N) is 1. The maximum Gasteiger partial charge on any atom is 0.215 e. The standard InChI is InChI=1S/C13H21N3O3/c1-18-12-3-2-11(14)13(15-12)16-6-4-10(5-7-16)19-9-8-17/h2-3,10,17H,4-9,14H2,1H3. The number of pyridine rings is 1. The van der Waals surface area contributed by atoms with E-state index in [-0.39, 0.29) is 12.7 Å². The van der Waals surface area contributed by atoms with E-state index < -0.39 is 0 Å². The Balaban J connectivity index is 1.97. The first kappa shape index (κ1) is 13.9. The minimum absolute atomic E-state index is 0.0740. The maximum absolute atomic E-state index is 8.75. The van der Waals surface area contributed by atoms with E-state index in [9.17, 15) is 0 Å². The smallest absolute Gasteiger partial charge is 0.215 e. The zero-order chi connectivity index (χ0) is 13.7. The van der Waals surface area contributed by atoms with Gasteiger partial charge < -0.3 is 25.2 Å². The number of aliphatic hydroxyl groups is 1. The van der Waals surface area contributed by atoms with Crippen LogP contribution in [0.15, 0.2) is 12.1 Å². The Bertz CT molecular complexity index is 406. The number of aromatic nitrogens is 1. The number of anilines is 2. The van der Waals surface area contributed by atoms with Gasteiger partial charge in [0.2, 0.25) is 5.88 Å². The lowest BCUT2D eigenvalue weighted by atomic mass is 10.1. The highest BCUT2D eigenvalue weighted by molar-refractivity contribution is 5.63. The third-order valence-corrected chi connectivity index (χ3v) is 3.28. The Morgan fingerprint density at radius 3 is 2.79 bits per heavy atom. The average molecular weight is 267 g/mol. The minimum atomic E-state index is 0.0740. The molecule has 1 aromatic heterocycles. The quantitative estimate of drug-likeness (QED) is 0.815. The third kappa shape index (κ3) is 3.48. The number of hydrogen-bond acceptors (Lipinski definition) is 6. The summed E-state index contributed by atoms with van der Waals surface area (Å²) in [5, 5.41) is 8.75. The number of nitrogens with zero attached hydrogens (tertiary/aromatic N) is 2. The van der Waals surface area contributed by atoms with Gasteiger partial charge in [-0.25, -0.2) is 0 Å². The maximum atomic E-state index is 8.75. The van der Waals surface area contributed by atoms with E-state index in [2.05, 4.69) is 9.88 Å². The van der Waals surface area contributed by atoms with Crippen molar-refractivity contribution in [2.45, 2.75) is 18.9 Å². The molecule has 2 rings (SSSR count). The molecule has 106 valence electrons. The molecule has 1 aliphatic rings. The van der Waals surface area contributed by atoms with Crippen molar-refractivity contribution in [3.63, 3.8) is 0 Å². The van der Waals surface area contributed by atoms with Crippen LogP contribution in [0.1, 0.15) is 12.8 Å². The molecule has 2 heterocycles. The highest BCUT2D eigenvalue weighted by Crippen LogP contribution is 2.27. The largest absolute Gasteiger partial charge is 0.481 e. The molecule has 0 saturated carbocycles. The predicted octanol–water partition coefficient (Wildman–Crippen LogP) is 0.650. The molecular formula is C13H21N3O3.